The SMILES string of the molecule is CC1=C(C(=O)OC[C@H]2OC(C)(C)O[C@@H]2COCc2ccccc2)[C@H](C#Cc2ccccc2)C(C(=O)OCc2ccccc2)=C(c2ccccc2)N1. The fraction of sp³-hybridized carbons (Fsp3) is 0.256. The molecule has 2 aliphatic rings. The average molecular weight is 684 g/mol. The van der Waals surface area contributed by atoms with Crippen molar-refractivity contribution in [1.29, 1.82) is 0 Å². The summed E-state index contributed by atoms with van der Waals surface area (Å²) in [6, 6.07) is 38.1. The van der Waals surface area contributed by atoms with Gasteiger partial charge in [-0.2, -0.15) is 0 Å². The molecule has 0 aliphatic carbocycles. The van der Waals surface area contributed by atoms with Crippen LogP contribution in [0.25, 0.3) is 5.70 Å². The molecule has 51 heavy (non-hydrogen) atoms. The first-order valence-corrected chi connectivity index (χ1v) is 17.0. The van der Waals surface area contributed by atoms with Gasteiger partial charge in [0.2, 0.25) is 0 Å². The molecule has 0 radical (unpaired) electrons. The van der Waals surface area contributed by atoms with Crippen molar-refractivity contribution in [3.05, 3.63) is 160 Å². The summed E-state index contributed by atoms with van der Waals surface area (Å²) in [5.41, 5.74) is 4.80. The first-order chi connectivity index (χ1) is 24.8. The Balaban J connectivity index is 1.28. The lowest BCUT2D eigenvalue weighted by Crippen LogP contribution is -2.36. The van der Waals surface area contributed by atoms with Gasteiger partial charge < -0.3 is 29.0 Å². The number of dihydropyridines is 1. The Labute approximate surface area is 299 Å². The lowest BCUT2D eigenvalue weighted by atomic mass is 9.84. The Morgan fingerprint density at radius 1 is 0.686 bits per heavy atom. The summed E-state index contributed by atoms with van der Waals surface area (Å²) in [7, 11) is 0. The van der Waals surface area contributed by atoms with Crippen molar-refractivity contribution in [3.63, 3.8) is 0 Å². The highest BCUT2D eigenvalue weighted by Crippen LogP contribution is 2.36. The first kappa shape index (κ1) is 35.4. The third kappa shape index (κ3) is 9.21. The molecule has 260 valence electrons. The van der Waals surface area contributed by atoms with Gasteiger partial charge in [0.25, 0.3) is 0 Å². The van der Waals surface area contributed by atoms with Crippen LogP contribution in [0.2, 0.25) is 0 Å². The predicted molar refractivity (Wildman–Crippen MR) is 193 cm³/mol. The molecule has 8 heteroatoms. The van der Waals surface area contributed by atoms with E-state index in [1.165, 1.54) is 0 Å². The van der Waals surface area contributed by atoms with E-state index in [9.17, 15) is 9.59 Å². The second-order valence-electron chi connectivity index (χ2n) is 12.8. The lowest BCUT2D eigenvalue weighted by Gasteiger charge is -2.29. The van der Waals surface area contributed by atoms with E-state index in [1.54, 1.807) is 6.92 Å². The number of hydrogen-bond acceptors (Lipinski definition) is 8. The van der Waals surface area contributed by atoms with Crippen LogP contribution in [0.1, 0.15) is 43.0 Å². The minimum Gasteiger partial charge on any atom is -0.459 e. The van der Waals surface area contributed by atoms with E-state index in [2.05, 4.69) is 17.2 Å². The third-order valence-corrected chi connectivity index (χ3v) is 8.47. The normalized spacial score (nSPS) is 19.5. The molecule has 4 aromatic carbocycles. The minimum atomic E-state index is -0.973. The van der Waals surface area contributed by atoms with Gasteiger partial charge >= 0.3 is 11.9 Å². The molecule has 0 saturated carbocycles. The van der Waals surface area contributed by atoms with Crippen molar-refractivity contribution in [2.24, 2.45) is 5.92 Å². The van der Waals surface area contributed by atoms with E-state index in [-0.39, 0.29) is 31.0 Å². The molecule has 1 N–H and O–H groups in total. The van der Waals surface area contributed by atoms with Crippen LogP contribution in [0.4, 0.5) is 0 Å². The first-order valence-electron chi connectivity index (χ1n) is 17.0. The largest absolute Gasteiger partial charge is 0.459 e. The number of benzene rings is 4. The van der Waals surface area contributed by atoms with Gasteiger partial charge in [-0.3, -0.25) is 0 Å². The summed E-state index contributed by atoms with van der Waals surface area (Å²) in [6.07, 6.45) is -1.06. The molecule has 1 saturated heterocycles. The van der Waals surface area contributed by atoms with Crippen LogP contribution in [0.15, 0.2) is 138 Å². The number of carbonyl (C=O) groups is 2. The van der Waals surface area contributed by atoms with Gasteiger partial charge in [-0.15, -0.1) is 0 Å². The molecule has 3 atom stereocenters. The monoisotopic (exact) mass is 683 g/mol. The standard InChI is InChI=1S/C43H41NO7/c1-30-38(41(45)49-29-37-36(50-43(2,3)51-37)28-47-26-32-18-10-5-11-19-32)35(25-24-31-16-8-4-9-17-31)39(40(44-30)34-22-14-7-15-23-34)42(46)48-27-33-20-12-6-13-21-33/h4-23,35-37,44H,26-29H2,1-3H3/t35-,36+,37+/m0/s1. The summed E-state index contributed by atoms with van der Waals surface area (Å²) >= 11 is 0. The van der Waals surface area contributed by atoms with Crippen molar-refractivity contribution in [2.75, 3.05) is 13.2 Å². The Morgan fingerprint density at radius 3 is 1.84 bits per heavy atom. The number of carbonyl (C=O) groups excluding carboxylic acids is 2. The highest BCUT2D eigenvalue weighted by molar-refractivity contribution is 6.04. The molecule has 0 spiro atoms. The molecule has 0 unspecified atom stereocenters. The number of hydrogen-bond donors (Lipinski definition) is 1. The van der Waals surface area contributed by atoms with Crippen LogP contribution in [0, 0.1) is 17.8 Å². The molecule has 1 fully saturated rings. The van der Waals surface area contributed by atoms with Crippen LogP contribution in [-0.4, -0.2) is 43.1 Å². The summed E-state index contributed by atoms with van der Waals surface area (Å²) in [4.78, 5) is 28.3. The van der Waals surface area contributed by atoms with E-state index < -0.39 is 35.9 Å². The number of allylic oxidation sites excluding steroid dienone is 1. The Kier molecular flexibility index (Phi) is 11.4. The summed E-state index contributed by atoms with van der Waals surface area (Å²) in [5, 5.41) is 3.33. The van der Waals surface area contributed by atoms with Gasteiger partial charge in [-0.1, -0.05) is 121 Å². The molecule has 0 amide bonds. The molecule has 0 aromatic heterocycles. The van der Waals surface area contributed by atoms with Gasteiger partial charge in [0.1, 0.15) is 25.4 Å². The quantitative estimate of drug-likeness (QED) is 0.134. The van der Waals surface area contributed by atoms with E-state index in [0.717, 1.165) is 22.3 Å². The number of rotatable bonds is 11. The second kappa shape index (κ2) is 16.5. The van der Waals surface area contributed by atoms with Gasteiger partial charge in [-0.05, 0) is 49.6 Å². The van der Waals surface area contributed by atoms with Crippen molar-refractivity contribution in [1.82, 2.24) is 5.32 Å². The molecule has 2 heterocycles. The molecular weight excluding hydrogens is 642 g/mol. The molecular formula is C43H41NO7. The summed E-state index contributed by atoms with van der Waals surface area (Å²) in [5.74, 6) is 3.32. The number of nitrogens with one attached hydrogen (secondary N) is 1. The Bertz CT molecular complexity index is 1930. The fourth-order valence-corrected chi connectivity index (χ4v) is 6.07. The van der Waals surface area contributed by atoms with Crippen molar-refractivity contribution < 1.29 is 33.3 Å². The number of ether oxygens (including phenoxy) is 5. The Hall–Kier alpha value is -5.46. The predicted octanol–water partition coefficient (Wildman–Crippen LogP) is 6.97. The zero-order chi connectivity index (χ0) is 35.6. The van der Waals surface area contributed by atoms with Crippen LogP contribution >= 0.6 is 0 Å². The van der Waals surface area contributed by atoms with E-state index in [0.29, 0.717) is 18.0 Å². The maximum atomic E-state index is 14.2. The van der Waals surface area contributed by atoms with Crippen molar-refractivity contribution in [2.45, 2.75) is 52.0 Å². The van der Waals surface area contributed by atoms with Crippen molar-refractivity contribution in [3.8, 4) is 11.8 Å². The van der Waals surface area contributed by atoms with E-state index in [4.69, 9.17) is 23.7 Å². The van der Waals surface area contributed by atoms with Gasteiger partial charge in [0.15, 0.2) is 5.79 Å². The van der Waals surface area contributed by atoms with Crippen LogP contribution < -0.4 is 5.32 Å². The number of esters is 2. The Morgan fingerprint density at radius 2 is 1.22 bits per heavy atom. The maximum absolute atomic E-state index is 14.2. The highest BCUT2D eigenvalue weighted by Gasteiger charge is 2.43. The van der Waals surface area contributed by atoms with Crippen LogP contribution in [0.5, 0.6) is 0 Å². The summed E-state index contributed by atoms with van der Waals surface area (Å²) in [6.45, 7) is 6.02. The topological polar surface area (TPSA) is 92.3 Å². The second-order valence-corrected chi connectivity index (χ2v) is 12.8. The molecule has 0 bridgehead atoms. The fourth-order valence-electron chi connectivity index (χ4n) is 6.07. The van der Waals surface area contributed by atoms with Crippen LogP contribution in [-0.2, 0) is 46.5 Å². The third-order valence-electron chi connectivity index (χ3n) is 8.47. The lowest BCUT2D eigenvalue weighted by molar-refractivity contribution is -0.159. The average Bonchev–Trinajstić information content (AvgIpc) is 3.45. The van der Waals surface area contributed by atoms with Gasteiger partial charge in [0, 0.05) is 11.3 Å². The van der Waals surface area contributed by atoms with Crippen molar-refractivity contribution >= 4 is 17.6 Å². The molecule has 6 rings (SSSR count). The minimum absolute atomic E-state index is 0.0507. The van der Waals surface area contributed by atoms with E-state index in [1.807, 2.05) is 135 Å². The van der Waals surface area contributed by atoms with Crippen LogP contribution in [0.3, 0.4) is 0 Å². The van der Waals surface area contributed by atoms with Gasteiger partial charge in [-0.25, -0.2) is 9.59 Å². The molecule has 4 aromatic rings. The smallest absolute Gasteiger partial charge is 0.338 e. The molecule has 2 aliphatic heterocycles. The zero-order valence-corrected chi connectivity index (χ0v) is 29.0. The summed E-state index contributed by atoms with van der Waals surface area (Å²) < 4.78 is 30.1. The van der Waals surface area contributed by atoms with E-state index >= 15 is 0 Å². The molecule has 8 nitrogen and oxygen atoms in total. The van der Waals surface area contributed by atoms with Gasteiger partial charge in [0.05, 0.1) is 36.0 Å². The zero-order valence-electron chi connectivity index (χ0n) is 29.0. The highest BCUT2D eigenvalue weighted by atomic mass is 16.8. The maximum Gasteiger partial charge on any atom is 0.338 e.